The standard InChI is InChI=1S/C9H11N3OS/c1-10-5-9-12-11-8(13-9)4-7-2-3-14-6-7/h2-3,6,10H,4-5H2,1H3. The third-order valence-corrected chi connectivity index (χ3v) is 2.50. The Morgan fingerprint density at radius 2 is 2.29 bits per heavy atom. The molecule has 0 fully saturated rings. The van der Waals surface area contributed by atoms with E-state index >= 15 is 0 Å². The molecule has 0 bridgehead atoms. The molecule has 0 unspecified atom stereocenters. The lowest BCUT2D eigenvalue weighted by molar-refractivity contribution is 0.447. The fourth-order valence-corrected chi connectivity index (χ4v) is 1.82. The zero-order valence-electron chi connectivity index (χ0n) is 7.86. The zero-order valence-corrected chi connectivity index (χ0v) is 8.67. The minimum atomic E-state index is 0.622. The van der Waals surface area contributed by atoms with Crippen LogP contribution in [0.1, 0.15) is 17.3 Å². The predicted octanol–water partition coefficient (Wildman–Crippen LogP) is 1.44. The Hall–Kier alpha value is -1.20. The van der Waals surface area contributed by atoms with E-state index in [0.29, 0.717) is 18.3 Å². The molecule has 2 rings (SSSR count). The van der Waals surface area contributed by atoms with Crippen LogP contribution in [-0.2, 0) is 13.0 Å². The lowest BCUT2D eigenvalue weighted by Crippen LogP contribution is -2.04. The van der Waals surface area contributed by atoms with Crippen molar-refractivity contribution in [1.29, 1.82) is 0 Å². The molecule has 0 radical (unpaired) electrons. The fraction of sp³-hybridized carbons (Fsp3) is 0.333. The monoisotopic (exact) mass is 209 g/mol. The highest BCUT2D eigenvalue weighted by Gasteiger charge is 2.05. The molecule has 0 aliphatic rings. The van der Waals surface area contributed by atoms with Gasteiger partial charge in [0.25, 0.3) is 0 Å². The molecule has 4 nitrogen and oxygen atoms in total. The van der Waals surface area contributed by atoms with Gasteiger partial charge in [-0.15, -0.1) is 10.2 Å². The molecular weight excluding hydrogens is 198 g/mol. The molecule has 5 heteroatoms. The summed E-state index contributed by atoms with van der Waals surface area (Å²) in [6, 6.07) is 2.06. The largest absolute Gasteiger partial charge is 0.424 e. The Kier molecular flexibility index (Phi) is 2.90. The molecule has 0 aromatic carbocycles. The lowest BCUT2D eigenvalue weighted by atomic mass is 10.2. The Morgan fingerprint density at radius 1 is 1.43 bits per heavy atom. The van der Waals surface area contributed by atoms with Crippen LogP contribution in [-0.4, -0.2) is 17.2 Å². The van der Waals surface area contributed by atoms with Gasteiger partial charge in [-0.3, -0.25) is 0 Å². The van der Waals surface area contributed by atoms with E-state index in [9.17, 15) is 0 Å². The number of rotatable bonds is 4. The summed E-state index contributed by atoms with van der Waals surface area (Å²) in [4.78, 5) is 0. The Bertz CT molecular complexity index is 382. The molecule has 0 aliphatic carbocycles. The summed E-state index contributed by atoms with van der Waals surface area (Å²) >= 11 is 1.67. The molecule has 0 spiro atoms. The van der Waals surface area contributed by atoms with Gasteiger partial charge in [0.15, 0.2) is 0 Å². The second kappa shape index (κ2) is 4.34. The Morgan fingerprint density at radius 3 is 3.00 bits per heavy atom. The van der Waals surface area contributed by atoms with Crippen LogP contribution in [0, 0.1) is 0 Å². The molecule has 14 heavy (non-hydrogen) atoms. The SMILES string of the molecule is CNCc1nnc(Cc2ccsc2)o1. The molecule has 0 atom stereocenters. The van der Waals surface area contributed by atoms with E-state index in [0.717, 1.165) is 6.42 Å². The Balaban J connectivity index is 2.03. The second-order valence-electron chi connectivity index (χ2n) is 2.93. The summed E-state index contributed by atoms with van der Waals surface area (Å²) in [5, 5.41) is 15.0. The van der Waals surface area contributed by atoms with Gasteiger partial charge in [-0.05, 0) is 29.4 Å². The van der Waals surface area contributed by atoms with Crippen LogP contribution >= 0.6 is 11.3 Å². The minimum Gasteiger partial charge on any atom is -0.424 e. The maximum atomic E-state index is 5.42. The average molecular weight is 209 g/mol. The fourth-order valence-electron chi connectivity index (χ4n) is 1.15. The molecule has 0 saturated heterocycles. The third kappa shape index (κ3) is 2.18. The maximum Gasteiger partial charge on any atom is 0.230 e. The Labute approximate surface area is 86.0 Å². The molecule has 2 aromatic heterocycles. The van der Waals surface area contributed by atoms with E-state index in [-0.39, 0.29) is 0 Å². The van der Waals surface area contributed by atoms with E-state index in [2.05, 4.69) is 27.0 Å². The molecule has 2 heterocycles. The van der Waals surface area contributed by atoms with E-state index in [1.807, 2.05) is 12.4 Å². The molecule has 0 amide bonds. The number of aromatic nitrogens is 2. The molecule has 0 aliphatic heterocycles. The van der Waals surface area contributed by atoms with Crippen LogP contribution in [0.5, 0.6) is 0 Å². The summed E-state index contributed by atoms with van der Waals surface area (Å²) in [7, 11) is 1.85. The van der Waals surface area contributed by atoms with Crippen LogP contribution < -0.4 is 5.32 Å². The predicted molar refractivity (Wildman–Crippen MR) is 54.2 cm³/mol. The van der Waals surface area contributed by atoms with E-state index in [4.69, 9.17) is 4.42 Å². The first-order valence-corrected chi connectivity index (χ1v) is 5.29. The van der Waals surface area contributed by atoms with Crippen molar-refractivity contribution in [3.63, 3.8) is 0 Å². The van der Waals surface area contributed by atoms with E-state index in [1.54, 1.807) is 11.3 Å². The minimum absolute atomic E-state index is 0.622. The first-order valence-electron chi connectivity index (χ1n) is 4.35. The topological polar surface area (TPSA) is 51.0 Å². The van der Waals surface area contributed by atoms with Crippen LogP contribution in [0.2, 0.25) is 0 Å². The number of thiophene rings is 1. The highest BCUT2D eigenvalue weighted by atomic mass is 32.1. The van der Waals surface area contributed by atoms with Crippen molar-refractivity contribution in [2.24, 2.45) is 0 Å². The molecule has 1 N–H and O–H groups in total. The summed E-state index contributed by atoms with van der Waals surface area (Å²) in [6.45, 7) is 0.622. The van der Waals surface area contributed by atoms with Gasteiger partial charge in [0.1, 0.15) is 0 Å². The highest BCUT2D eigenvalue weighted by molar-refractivity contribution is 7.07. The van der Waals surface area contributed by atoms with Crippen molar-refractivity contribution in [2.45, 2.75) is 13.0 Å². The molecule has 0 saturated carbocycles. The lowest BCUT2D eigenvalue weighted by Gasteiger charge is -1.90. The van der Waals surface area contributed by atoms with Crippen molar-refractivity contribution in [1.82, 2.24) is 15.5 Å². The zero-order chi connectivity index (χ0) is 9.80. The molecular formula is C9H11N3OS. The van der Waals surface area contributed by atoms with Gasteiger partial charge in [-0.25, -0.2) is 0 Å². The van der Waals surface area contributed by atoms with E-state index < -0.39 is 0 Å². The van der Waals surface area contributed by atoms with Crippen molar-refractivity contribution in [2.75, 3.05) is 7.05 Å². The van der Waals surface area contributed by atoms with Crippen molar-refractivity contribution in [3.05, 3.63) is 34.2 Å². The van der Waals surface area contributed by atoms with Crippen molar-refractivity contribution >= 4 is 11.3 Å². The number of hydrogen-bond donors (Lipinski definition) is 1. The second-order valence-corrected chi connectivity index (χ2v) is 3.71. The smallest absolute Gasteiger partial charge is 0.230 e. The summed E-state index contributed by atoms with van der Waals surface area (Å²) < 4.78 is 5.42. The van der Waals surface area contributed by atoms with Gasteiger partial charge in [0.2, 0.25) is 11.8 Å². The first-order chi connectivity index (χ1) is 6.88. The summed E-state index contributed by atoms with van der Waals surface area (Å²) in [5.74, 6) is 1.31. The highest BCUT2D eigenvalue weighted by Crippen LogP contribution is 2.11. The summed E-state index contributed by atoms with van der Waals surface area (Å²) in [6.07, 6.45) is 0.722. The van der Waals surface area contributed by atoms with Gasteiger partial charge < -0.3 is 9.73 Å². The van der Waals surface area contributed by atoms with Crippen LogP contribution in [0.4, 0.5) is 0 Å². The number of nitrogens with zero attached hydrogens (tertiary/aromatic N) is 2. The number of nitrogens with one attached hydrogen (secondary N) is 1. The average Bonchev–Trinajstić information content (AvgIpc) is 2.79. The van der Waals surface area contributed by atoms with Crippen LogP contribution in [0.15, 0.2) is 21.2 Å². The normalized spacial score (nSPS) is 10.6. The quantitative estimate of drug-likeness (QED) is 0.827. The van der Waals surface area contributed by atoms with Gasteiger partial charge in [0.05, 0.1) is 13.0 Å². The van der Waals surface area contributed by atoms with Crippen LogP contribution in [0.25, 0.3) is 0 Å². The van der Waals surface area contributed by atoms with Gasteiger partial charge >= 0.3 is 0 Å². The third-order valence-electron chi connectivity index (χ3n) is 1.77. The van der Waals surface area contributed by atoms with E-state index in [1.165, 1.54) is 5.56 Å². The van der Waals surface area contributed by atoms with Crippen molar-refractivity contribution < 1.29 is 4.42 Å². The number of hydrogen-bond acceptors (Lipinski definition) is 5. The molecule has 74 valence electrons. The molecule has 2 aromatic rings. The van der Waals surface area contributed by atoms with Crippen LogP contribution in [0.3, 0.4) is 0 Å². The first kappa shape index (κ1) is 9.36. The van der Waals surface area contributed by atoms with Crippen molar-refractivity contribution in [3.8, 4) is 0 Å². The van der Waals surface area contributed by atoms with Gasteiger partial charge in [-0.2, -0.15) is 11.3 Å². The maximum absolute atomic E-state index is 5.42. The van der Waals surface area contributed by atoms with Gasteiger partial charge in [-0.1, -0.05) is 0 Å². The van der Waals surface area contributed by atoms with Gasteiger partial charge in [0, 0.05) is 0 Å². The summed E-state index contributed by atoms with van der Waals surface area (Å²) in [5.41, 5.74) is 1.22.